The van der Waals surface area contributed by atoms with Gasteiger partial charge in [-0.3, -0.25) is 0 Å². The van der Waals surface area contributed by atoms with E-state index in [1.165, 1.54) is 5.56 Å². The number of nitrogens with one attached hydrogen (secondary N) is 1. The van der Waals surface area contributed by atoms with Crippen LogP contribution in [0.1, 0.15) is 5.56 Å². The average Bonchev–Trinajstić information content (AvgIpc) is 2.53. The molecule has 0 radical (unpaired) electrons. The summed E-state index contributed by atoms with van der Waals surface area (Å²) in [6.45, 7) is 2.06. The van der Waals surface area contributed by atoms with E-state index in [0.29, 0.717) is 5.82 Å². The molecular weight excluding hydrogens is 262 g/mol. The molecule has 0 bridgehead atoms. The molecule has 0 aliphatic carbocycles. The van der Waals surface area contributed by atoms with Crippen LogP contribution in [0.3, 0.4) is 0 Å². The lowest BCUT2D eigenvalue weighted by Crippen LogP contribution is -2.00. The number of methoxy groups -OCH3 is 1. The summed E-state index contributed by atoms with van der Waals surface area (Å²) in [6.07, 6.45) is 0. The molecule has 0 fully saturated rings. The first-order valence-corrected chi connectivity index (χ1v) is 6.82. The van der Waals surface area contributed by atoms with Gasteiger partial charge in [-0.05, 0) is 31.2 Å². The van der Waals surface area contributed by atoms with Crippen molar-refractivity contribution in [3.8, 4) is 17.1 Å². The highest BCUT2D eigenvalue weighted by Crippen LogP contribution is 2.30. The minimum absolute atomic E-state index is 0.660. The number of hydrogen-bond donors (Lipinski definition) is 1. The van der Waals surface area contributed by atoms with Crippen molar-refractivity contribution in [2.24, 2.45) is 0 Å². The summed E-state index contributed by atoms with van der Waals surface area (Å²) in [6, 6.07) is 13.9. The monoisotopic (exact) mass is 279 g/mol. The maximum Gasteiger partial charge on any atom is 0.165 e. The molecule has 0 saturated heterocycles. The molecule has 4 heteroatoms. The first-order chi connectivity index (χ1) is 10.2. The van der Waals surface area contributed by atoms with Gasteiger partial charge in [0, 0.05) is 12.4 Å². The molecule has 3 rings (SSSR count). The van der Waals surface area contributed by atoms with Crippen LogP contribution >= 0.6 is 0 Å². The van der Waals surface area contributed by atoms with Crippen LogP contribution in [0, 0.1) is 6.92 Å². The van der Waals surface area contributed by atoms with Crippen LogP contribution < -0.4 is 10.1 Å². The third-order valence-corrected chi connectivity index (χ3v) is 3.44. The van der Waals surface area contributed by atoms with Gasteiger partial charge in [0.1, 0.15) is 11.6 Å². The van der Waals surface area contributed by atoms with Gasteiger partial charge in [0.15, 0.2) is 5.82 Å². The Bertz CT molecular complexity index is 799. The molecule has 2 aromatic carbocycles. The van der Waals surface area contributed by atoms with Crippen LogP contribution in [0.4, 0.5) is 5.82 Å². The highest BCUT2D eigenvalue weighted by Gasteiger charge is 2.12. The highest BCUT2D eigenvalue weighted by atomic mass is 16.5. The molecule has 4 nitrogen and oxygen atoms in total. The van der Waals surface area contributed by atoms with E-state index >= 15 is 0 Å². The molecule has 0 saturated carbocycles. The Hall–Kier alpha value is -2.62. The number of rotatable bonds is 3. The van der Waals surface area contributed by atoms with Crippen LogP contribution in [-0.4, -0.2) is 24.1 Å². The molecule has 1 aromatic heterocycles. The SMILES string of the molecule is CNc1nc(-c2ccccc2OC)nc2ccc(C)cc12. The first kappa shape index (κ1) is 13.4. The van der Waals surface area contributed by atoms with Crippen molar-refractivity contribution < 1.29 is 4.74 Å². The number of anilines is 1. The second-order valence-corrected chi connectivity index (χ2v) is 4.87. The topological polar surface area (TPSA) is 47.0 Å². The standard InChI is InChI=1S/C17H17N3O/c1-11-8-9-14-13(10-11)16(18-2)20-17(19-14)12-6-4-5-7-15(12)21-3/h4-10H,1-3H3,(H,18,19,20). The molecule has 106 valence electrons. The van der Waals surface area contributed by atoms with Crippen molar-refractivity contribution in [1.82, 2.24) is 9.97 Å². The quantitative estimate of drug-likeness (QED) is 0.795. The lowest BCUT2D eigenvalue weighted by atomic mass is 10.1. The van der Waals surface area contributed by atoms with E-state index in [0.717, 1.165) is 28.0 Å². The summed E-state index contributed by atoms with van der Waals surface area (Å²) in [5.74, 6) is 2.25. The molecule has 3 aromatic rings. The molecule has 0 amide bonds. The number of aromatic nitrogens is 2. The number of nitrogens with zero attached hydrogens (tertiary/aromatic N) is 2. The average molecular weight is 279 g/mol. The zero-order chi connectivity index (χ0) is 14.8. The normalized spacial score (nSPS) is 10.6. The van der Waals surface area contributed by atoms with E-state index in [1.54, 1.807) is 7.11 Å². The number of aryl methyl sites for hydroxylation is 1. The van der Waals surface area contributed by atoms with Gasteiger partial charge >= 0.3 is 0 Å². The molecule has 1 heterocycles. The van der Waals surface area contributed by atoms with Gasteiger partial charge in [0.25, 0.3) is 0 Å². The van der Waals surface area contributed by atoms with Gasteiger partial charge < -0.3 is 10.1 Å². The Balaban J connectivity index is 2.27. The van der Waals surface area contributed by atoms with Gasteiger partial charge in [0.2, 0.25) is 0 Å². The van der Waals surface area contributed by atoms with Gasteiger partial charge in [-0.15, -0.1) is 0 Å². The van der Waals surface area contributed by atoms with Crippen molar-refractivity contribution in [2.45, 2.75) is 6.92 Å². The van der Waals surface area contributed by atoms with Crippen LogP contribution in [-0.2, 0) is 0 Å². The molecule has 21 heavy (non-hydrogen) atoms. The van der Waals surface area contributed by atoms with Crippen LogP contribution in [0.15, 0.2) is 42.5 Å². The Morgan fingerprint density at radius 3 is 2.62 bits per heavy atom. The maximum absolute atomic E-state index is 5.40. The maximum atomic E-state index is 5.40. The highest BCUT2D eigenvalue weighted by molar-refractivity contribution is 5.91. The number of benzene rings is 2. The fourth-order valence-corrected chi connectivity index (χ4v) is 2.38. The van der Waals surface area contributed by atoms with Crippen LogP contribution in [0.5, 0.6) is 5.75 Å². The zero-order valence-electron chi connectivity index (χ0n) is 12.3. The van der Waals surface area contributed by atoms with Gasteiger partial charge in [0.05, 0.1) is 18.2 Å². The third kappa shape index (κ3) is 2.40. The summed E-state index contributed by atoms with van der Waals surface area (Å²) >= 11 is 0. The van der Waals surface area contributed by atoms with Crippen molar-refractivity contribution in [3.63, 3.8) is 0 Å². The van der Waals surface area contributed by atoms with Crippen LogP contribution in [0.25, 0.3) is 22.3 Å². The van der Waals surface area contributed by atoms with Crippen molar-refractivity contribution >= 4 is 16.7 Å². The second-order valence-electron chi connectivity index (χ2n) is 4.87. The minimum Gasteiger partial charge on any atom is -0.496 e. The Kier molecular flexibility index (Phi) is 3.44. The smallest absolute Gasteiger partial charge is 0.165 e. The molecule has 1 N–H and O–H groups in total. The lowest BCUT2D eigenvalue weighted by Gasteiger charge is -2.11. The molecule has 0 spiro atoms. The first-order valence-electron chi connectivity index (χ1n) is 6.82. The van der Waals surface area contributed by atoms with Crippen molar-refractivity contribution in [3.05, 3.63) is 48.0 Å². The summed E-state index contributed by atoms with van der Waals surface area (Å²) in [5.41, 5.74) is 2.99. The van der Waals surface area contributed by atoms with Crippen molar-refractivity contribution in [1.29, 1.82) is 0 Å². The second kappa shape index (κ2) is 5.40. The van der Waals surface area contributed by atoms with Gasteiger partial charge in [-0.1, -0.05) is 23.8 Å². The summed E-state index contributed by atoms with van der Waals surface area (Å²) in [4.78, 5) is 9.31. The summed E-state index contributed by atoms with van der Waals surface area (Å²) < 4.78 is 5.40. The Labute approximate surface area is 123 Å². The van der Waals surface area contributed by atoms with E-state index in [9.17, 15) is 0 Å². The predicted octanol–water partition coefficient (Wildman–Crippen LogP) is 3.66. The van der Waals surface area contributed by atoms with E-state index in [2.05, 4.69) is 34.3 Å². The van der Waals surface area contributed by atoms with Gasteiger partial charge in [-0.2, -0.15) is 0 Å². The Morgan fingerprint density at radius 1 is 1.05 bits per heavy atom. The fraction of sp³-hybridized carbons (Fsp3) is 0.176. The third-order valence-electron chi connectivity index (χ3n) is 3.44. The number of hydrogen-bond acceptors (Lipinski definition) is 4. The molecule has 0 aliphatic rings. The molecule has 0 atom stereocenters. The zero-order valence-corrected chi connectivity index (χ0v) is 12.3. The Morgan fingerprint density at radius 2 is 1.86 bits per heavy atom. The van der Waals surface area contributed by atoms with E-state index in [1.807, 2.05) is 37.4 Å². The van der Waals surface area contributed by atoms with E-state index in [4.69, 9.17) is 4.74 Å². The van der Waals surface area contributed by atoms with Crippen LogP contribution in [0.2, 0.25) is 0 Å². The van der Waals surface area contributed by atoms with E-state index in [-0.39, 0.29) is 0 Å². The van der Waals surface area contributed by atoms with Gasteiger partial charge in [-0.25, -0.2) is 9.97 Å². The largest absolute Gasteiger partial charge is 0.496 e. The number of para-hydroxylation sites is 1. The molecule has 0 aliphatic heterocycles. The van der Waals surface area contributed by atoms with E-state index < -0.39 is 0 Å². The number of fused-ring (bicyclic) bond motifs is 1. The fourth-order valence-electron chi connectivity index (χ4n) is 2.38. The molecular formula is C17H17N3O. The minimum atomic E-state index is 0.660. The van der Waals surface area contributed by atoms with Crippen molar-refractivity contribution in [2.75, 3.05) is 19.5 Å². The predicted molar refractivity (Wildman–Crippen MR) is 85.8 cm³/mol. The lowest BCUT2D eigenvalue weighted by molar-refractivity contribution is 0.416. The number of ether oxygens (including phenoxy) is 1. The molecule has 0 unspecified atom stereocenters. The summed E-state index contributed by atoms with van der Waals surface area (Å²) in [5, 5.41) is 4.18. The summed E-state index contributed by atoms with van der Waals surface area (Å²) in [7, 11) is 3.53.